The topological polar surface area (TPSA) is 49.4 Å². The van der Waals surface area contributed by atoms with E-state index in [-0.39, 0.29) is 17.7 Å². The van der Waals surface area contributed by atoms with Crippen LogP contribution in [0.25, 0.3) is 0 Å². The number of carbonyl (C=O) groups excluding carboxylic acids is 2. The smallest absolute Gasteiger partial charge is 0.223 e. The molecule has 1 N–H and O–H groups in total. The molecule has 4 nitrogen and oxygen atoms in total. The minimum atomic E-state index is 0.221. The summed E-state index contributed by atoms with van der Waals surface area (Å²) in [5.41, 5.74) is 0.408. The molecule has 2 amide bonds. The van der Waals surface area contributed by atoms with Crippen LogP contribution >= 0.6 is 0 Å². The van der Waals surface area contributed by atoms with Crippen molar-refractivity contribution < 1.29 is 9.59 Å². The highest BCUT2D eigenvalue weighted by atomic mass is 16.2. The predicted molar refractivity (Wildman–Crippen MR) is 67.8 cm³/mol. The highest BCUT2D eigenvalue weighted by molar-refractivity contribution is 5.83. The van der Waals surface area contributed by atoms with Crippen LogP contribution in [0.5, 0.6) is 0 Å². The summed E-state index contributed by atoms with van der Waals surface area (Å²) in [5, 5.41) is 3.00. The van der Waals surface area contributed by atoms with Gasteiger partial charge in [0.25, 0.3) is 0 Å². The molecule has 4 heteroatoms. The molecule has 1 aliphatic heterocycles. The minimum Gasteiger partial charge on any atom is -0.354 e. The van der Waals surface area contributed by atoms with Crippen LogP contribution in [0.3, 0.4) is 0 Å². The summed E-state index contributed by atoms with van der Waals surface area (Å²) in [7, 11) is 0. The summed E-state index contributed by atoms with van der Waals surface area (Å²) < 4.78 is 0. The Balaban J connectivity index is 1.37. The van der Waals surface area contributed by atoms with Crippen LogP contribution in [0.2, 0.25) is 0 Å². The number of hydrogen-bond acceptors (Lipinski definition) is 2. The second-order valence-corrected chi connectivity index (χ2v) is 6.10. The van der Waals surface area contributed by atoms with Crippen molar-refractivity contribution in [2.45, 2.75) is 44.9 Å². The molecule has 1 saturated heterocycles. The monoisotopic (exact) mass is 250 g/mol. The SMILES string of the molecule is O=C(NCCN1CCCCC1=O)C1CC12CCC2. The molecule has 0 radical (unpaired) electrons. The molecule has 3 rings (SSSR count). The summed E-state index contributed by atoms with van der Waals surface area (Å²) in [4.78, 5) is 25.4. The van der Waals surface area contributed by atoms with E-state index >= 15 is 0 Å². The maximum Gasteiger partial charge on any atom is 0.223 e. The first-order valence-electron chi connectivity index (χ1n) is 7.27. The first-order chi connectivity index (χ1) is 8.71. The normalized spacial score (nSPS) is 29.0. The fourth-order valence-electron chi connectivity index (χ4n) is 3.44. The molecule has 1 unspecified atom stereocenters. The van der Waals surface area contributed by atoms with Gasteiger partial charge in [0.2, 0.25) is 11.8 Å². The summed E-state index contributed by atoms with van der Waals surface area (Å²) in [6, 6.07) is 0. The Kier molecular flexibility index (Phi) is 3.04. The van der Waals surface area contributed by atoms with E-state index in [1.54, 1.807) is 0 Å². The zero-order chi connectivity index (χ0) is 12.6. The van der Waals surface area contributed by atoms with Crippen LogP contribution in [0.15, 0.2) is 0 Å². The Bertz CT molecular complexity index is 363. The summed E-state index contributed by atoms with van der Waals surface area (Å²) in [6.45, 7) is 2.17. The lowest BCUT2D eigenvalue weighted by atomic mass is 9.80. The number of hydrogen-bond donors (Lipinski definition) is 1. The maximum absolute atomic E-state index is 11.9. The van der Waals surface area contributed by atoms with Crippen molar-refractivity contribution in [1.29, 1.82) is 0 Å². The van der Waals surface area contributed by atoms with E-state index in [9.17, 15) is 9.59 Å². The van der Waals surface area contributed by atoms with Gasteiger partial charge in [-0.3, -0.25) is 9.59 Å². The van der Waals surface area contributed by atoms with Gasteiger partial charge in [-0.1, -0.05) is 6.42 Å². The molecule has 100 valence electrons. The van der Waals surface area contributed by atoms with Crippen molar-refractivity contribution in [2.75, 3.05) is 19.6 Å². The van der Waals surface area contributed by atoms with Crippen molar-refractivity contribution in [3.63, 3.8) is 0 Å². The van der Waals surface area contributed by atoms with Gasteiger partial charge < -0.3 is 10.2 Å². The Morgan fingerprint density at radius 3 is 2.78 bits per heavy atom. The molecule has 3 aliphatic rings. The number of carbonyl (C=O) groups is 2. The van der Waals surface area contributed by atoms with Gasteiger partial charge >= 0.3 is 0 Å². The van der Waals surface area contributed by atoms with Gasteiger partial charge in [0.05, 0.1) is 0 Å². The van der Waals surface area contributed by atoms with E-state index < -0.39 is 0 Å². The van der Waals surface area contributed by atoms with Gasteiger partial charge in [-0.05, 0) is 37.5 Å². The number of piperidine rings is 1. The standard InChI is InChI=1S/C14H22N2O2/c17-12-4-1-2-8-16(12)9-7-15-13(18)11-10-14(11)5-3-6-14/h11H,1-10H2,(H,15,18). The molecule has 1 atom stereocenters. The fraction of sp³-hybridized carbons (Fsp3) is 0.857. The second kappa shape index (κ2) is 4.56. The predicted octanol–water partition coefficient (Wildman–Crippen LogP) is 1.31. The average Bonchev–Trinajstić information content (AvgIpc) is 3.07. The molecule has 0 aromatic heterocycles. The van der Waals surface area contributed by atoms with E-state index in [0.717, 1.165) is 25.8 Å². The van der Waals surface area contributed by atoms with Gasteiger partial charge in [-0.25, -0.2) is 0 Å². The lowest BCUT2D eigenvalue weighted by Gasteiger charge is -2.27. The van der Waals surface area contributed by atoms with E-state index in [1.165, 1.54) is 19.3 Å². The van der Waals surface area contributed by atoms with Crippen LogP contribution in [0, 0.1) is 11.3 Å². The number of nitrogens with zero attached hydrogens (tertiary/aromatic N) is 1. The molecule has 0 aromatic rings. The molecular weight excluding hydrogens is 228 g/mol. The highest BCUT2D eigenvalue weighted by Crippen LogP contribution is 2.65. The molecule has 2 saturated carbocycles. The van der Waals surface area contributed by atoms with Gasteiger partial charge in [0.15, 0.2) is 0 Å². The van der Waals surface area contributed by atoms with E-state index in [0.29, 0.717) is 24.9 Å². The van der Waals surface area contributed by atoms with Gasteiger partial charge in [0.1, 0.15) is 0 Å². The minimum absolute atomic E-state index is 0.221. The number of rotatable bonds is 4. The lowest BCUT2D eigenvalue weighted by Crippen LogP contribution is -2.41. The molecule has 18 heavy (non-hydrogen) atoms. The van der Waals surface area contributed by atoms with Crippen molar-refractivity contribution in [3.8, 4) is 0 Å². The van der Waals surface area contributed by atoms with Crippen LogP contribution in [0.1, 0.15) is 44.9 Å². The Hall–Kier alpha value is -1.06. The van der Waals surface area contributed by atoms with Crippen LogP contribution in [-0.2, 0) is 9.59 Å². The molecule has 0 bridgehead atoms. The third-order valence-electron chi connectivity index (χ3n) is 4.96. The third kappa shape index (κ3) is 2.13. The van der Waals surface area contributed by atoms with Crippen LogP contribution in [-0.4, -0.2) is 36.3 Å². The second-order valence-electron chi connectivity index (χ2n) is 6.10. The quantitative estimate of drug-likeness (QED) is 0.817. The van der Waals surface area contributed by atoms with Gasteiger partial charge in [-0.15, -0.1) is 0 Å². The summed E-state index contributed by atoms with van der Waals surface area (Å²) >= 11 is 0. The molecular formula is C14H22N2O2. The van der Waals surface area contributed by atoms with Gasteiger partial charge in [0, 0.05) is 32.0 Å². The summed E-state index contributed by atoms with van der Waals surface area (Å²) in [5.74, 6) is 0.750. The first kappa shape index (κ1) is 12.0. The summed E-state index contributed by atoms with van der Waals surface area (Å²) in [6.07, 6.45) is 7.69. The van der Waals surface area contributed by atoms with Crippen molar-refractivity contribution in [1.82, 2.24) is 10.2 Å². The number of amides is 2. The van der Waals surface area contributed by atoms with E-state index in [4.69, 9.17) is 0 Å². The third-order valence-corrected chi connectivity index (χ3v) is 4.96. The number of likely N-dealkylation sites (tertiary alicyclic amines) is 1. The lowest BCUT2D eigenvalue weighted by molar-refractivity contribution is -0.133. The largest absolute Gasteiger partial charge is 0.354 e. The van der Waals surface area contributed by atoms with Crippen molar-refractivity contribution >= 4 is 11.8 Å². The Morgan fingerprint density at radius 2 is 2.17 bits per heavy atom. The maximum atomic E-state index is 11.9. The molecule has 1 spiro atoms. The van der Waals surface area contributed by atoms with Gasteiger partial charge in [-0.2, -0.15) is 0 Å². The molecule has 3 fully saturated rings. The van der Waals surface area contributed by atoms with Crippen LogP contribution in [0.4, 0.5) is 0 Å². The molecule has 2 aliphatic carbocycles. The average molecular weight is 250 g/mol. The highest BCUT2D eigenvalue weighted by Gasteiger charge is 2.60. The first-order valence-corrected chi connectivity index (χ1v) is 7.27. The van der Waals surface area contributed by atoms with Crippen molar-refractivity contribution in [3.05, 3.63) is 0 Å². The molecule has 1 heterocycles. The van der Waals surface area contributed by atoms with Crippen LogP contribution < -0.4 is 5.32 Å². The Labute approximate surface area is 108 Å². The zero-order valence-corrected chi connectivity index (χ0v) is 10.9. The number of nitrogens with one attached hydrogen (secondary N) is 1. The molecule has 0 aromatic carbocycles. The fourth-order valence-corrected chi connectivity index (χ4v) is 3.44. The Morgan fingerprint density at radius 1 is 1.33 bits per heavy atom. The van der Waals surface area contributed by atoms with Crippen molar-refractivity contribution in [2.24, 2.45) is 11.3 Å². The van der Waals surface area contributed by atoms with E-state index in [2.05, 4.69) is 5.32 Å². The zero-order valence-electron chi connectivity index (χ0n) is 10.9. The van der Waals surface area contributed by atoms with E-state index in [1.807, 2.05) is 4.90 Å².